The summed E-state index contributed by atoms with van der Waals surface area (Å²) in [5.74, 6) is 2.85. The third-order valence-corrected chi connectivity index (χ3v) is 4.99. The van der Waals surface area contributed by atoms with Crippen molar-refractivity contribution >= 4 is 11.5 Å². The van der Waals surface area contributed by atoms with Gasteiger partial charge in [-0.15, -0.1) is 0 Å². The summed E-state index contributed by atoms with van der Waals surface area (Å²) in [4.78, 5) is 1.01. The summed E-state index contributed by atoms with van der Waals surface area (Å²) >= 11 is 1.42. The molecule has 5 nitrogen and oxygen atoms in total. The molecule has 0 fully saturated rings. The fraction of sp³-hybridized carbons (Fsp3) is 0.286. The van der Waals surface area contributed by atoms with Crippen LogP contribution in [-0.4, -0.2) is 32.3 Å². The van der Waals surface area contributed by atoms with Gasteiger partial charge in [0.15, 0.2) is 11.5 Å². The van der Waals surface area contributed by atoms with Crippen molar-refractivity contribution in [3.05, 3.63) is 42.6 Å². The van der Waals surface area contributed by atoms with Crippen LogP contribution < -0.4 is 18.9 Å². The third kappa shape index (κ3) is 4.01. The highest BCUT2D eigenvalue weighted by Gasteiger charge is 2.18. The molecule has 0 aliphatic rings. The first-order valence-corrected chi connectivity index (χ1v) is 9.47. The largest absolute Gasteiger partial charge is 0.496 e. The first kappa shape index (κ1) is 19.0. The SMILES string of the molecule is CCCOc1ccc(-c2cnsc2-c2cc(OC)c(OC)cc2OC)cc1. The van der Waals surface area contributed by atoms with Gasteiger partial charge in [0.25, 0.3) is 0 Å². The Morgan fingerprint density at radius 3 is 2.15 bits per heavy atom. The number of ether oxygens (including phenoxy) is 4. The van der Waals surface area contributed by atoms with E-state index in [0.717, 1.165) is 33.7 Å². The molecule has 0 saturated carbocycles. The fourth-order valence-corrected chi connectivity index (χ4v) is 3.59. The summed E-state index contributed by atoms with van der Waals surface area (Å²) in [6.45, 7) is 2.81. The Morgan fingerprint density at radius 2 is 1.52 bits per heavy atom. The lowest BCUT2D eigenvalue weighted by atomic mass is 10.0. The second kappa shape index (κ2) is 8.77. The van der Waals surface area contributed by atoms with Crippen LogP contribution in [-0.2, 0) is 0 Å². The van der Waals surface area contributed by atoms with Crippen molar-refractivity contribution in [1.82, 2.24) is 4.37 Å². The van der Waals surface area contributed by atoms with Gasteiger partial charge in [-0.25, -0.2) is 0 Å². The smallest absolute Gasteiger partial charge is 0.164 e. The third-order valence-electron chi connectivity index (χ3n) is 4.16. The average Bonchev–Trinajstić information content (AvgIpc) is 3.21. The Hall–Kier alpha value is -2.73. The topological polar surface area (TPSA) is 49.8 Å². The van der Waals surface area contributed by atoms with Crippen LogP contribution in [0.4, 0.5) is 0 Å². The molecular weight excluding hydrogens is 362 g/mol. The zero-order valence-electron chi connectivity index (χ0n) is 15.9. The van der Waals surface area contributed by atoms with Gasteiger partial charge in [0.1, 0.15) is 11.5 Å². The van der Waals surface area contributed by atoms with Gasteiger partial charge in [0.05, 0.1) is 32.8 Å². The Kier molecular flexibility index (Phi) is 6.19. The first-order valence-electron chi connectivity index (χ1n) is 8.70. The van der Waals surface area contributed by atoms with E-state index in [-0.39, 0.29) is 0 Å². The molecule has 0 atom stereocenters. The minimum Gasteiger partial charge on any atom is -0.496 e. The van der Waals surface area contributed by atoms with Crippen molar-refractivity contribution in [2.24, 2.45) is 0 Å². The molecular formula is C21H23NO4S. The summed E-state index contributed by atoms with van der Waals surface area (Å²) in [6.07, 6.45) is 2.86. The maximum Gasteiger partial charge on any atom is 0.164 e. The minimum atomic E-state index is 0.626. The van der Waals surface area contributed by atoms with E-state index in [4.69, 9.17) is 18.9 Å². The lowest BCUT2D eigenvalue weighted by Crippen LogP contribution is -1.95. The quantitative estimate of drug-likeness (QED) is 0.527. The van der Waals surface area contributed by atoms with Crippen LogP contribution in [0.2, 0.25) is 0 Å². The Bertz CT molecular complexity index is 890. The molecule has 0 aliphatic heterocycles. The van der Waals surface area contributed by atoms with Gasteiger partial charge in [-0.2, -0.15) is 4.37 Å². The molecule has 0 unspecified atom stereocenters. The predicted octanol–water partition coefficient (Wildman–Crippen LogP) is 5.29. The number of nitrogens with zero attached hydrogens (tertiary/aromatic N) is 1. The second-order valence-electron chi connectivity index (χ2n) is 5.85. The van der Waals surface area contributed by atoms with Gasteiger partial charge in [-0.3, -0.25) is 0 Å². The highest BCUT2D eigenvalue weighted by Crippen LogP contribution is 2.45. The number of hydrogen-bond donors (Lipinski definition) is 0. The van der Waals surface area contributed by atoms with Gasteiger partial charge >= 0.3 is 0 Å². The molecule has 1 aromatic heterocycles. The number of hydrogen-bond acceptors (Lipinski definition) is 6. The predicted molar refractivity (Wildman–Crippen MR) is 108 cm³/mol. The Balaban J connectivity index is 2.02. The van der Waals surface area contributed by atoms with Crippen molar-refractivity contribution in [2.45, 2.75) is 13.3 Å². The maximum absolute atomic E-state index is 5.67. The Morgan fingerprint density at radius 1 is 0.852 bits per heavy atom. The van der Waals surface area contributed by atoms with E-state index in [2.05, 4.69) is 11.3 Å². The molecule has 27 heavy (non-hydrogen) atoms. The summed E-state index contributed by atoms with van der Waals surface area (Å²) in [5.41, 5.74) is 3.02. The van der Waals surface area contributed by atoms with Crippen LogP contribution in [0.1, 0.15) is 13.3 Å². The standard InChI is InChI=1S/C21H23NO4S/c1-5-10-26-15-8-6-14(7-9-15)17-13-22-27-21(17)16-11-19(24-3)20(25-4)12-18(16)23-2/h6-9,11-13H,5,10H2,1-4H3. The summed E-state index contributed by atoms with van der Waals surface area (Å²) in [6, 6.07) is 11.8. The zero-order chi connectivity index (χ0) is 19.2. The highest BCUT2D eigenvalue weighted by molar-refractivity contribution is 7.10. The molecule has 0 N–H and O–H groups in total. The van der Waals surface area contributed by atoms with E-state index in [9.17, 15) is 0 Å². The fourth-order valence-electron chi connectivity index (χ4n) is 2.80. The summed E-state index contributed by atoms with van der Waals surface area (Å²) < 4.78 is 26.5. The highest BCUT2D eigenvalue weighted by atomic mass is 32.1. The molecule has 3 aromatic rings. The molecule has 6 heteroatoms. The molecule has 0 saturated heterocycles. The van der Waals surface area contributed by atoms with E-state index in [1.54, 1.807) is 21.3 Å². The van der Waals surface area contributed by atoms with Crippen molar-refractivity contribution in [3.63, 3.8) is 0 Å². The molecule has 3 rings (SSSR count). The molecule has 2 aromatic carbocycles. The number of methoxy groups -OCH3 is 3. The number of benzene rings is 2. The molecule has 0 radical (unpaired) electrons. The van der Waals surface area contributed by atoms with Crippen molar-refractivity contribution < 1.29 is 18.9 Å². The van der Waals surface area contributed by atoms with Crippen molar-refractivity contribution in [3.8, 4) is 44.6 Å². The lowest BCUT2D eigenvalue weighted by molar-refractivity contribution is 0.317. The van der Waals surface area contributed by atoms with Crippen LogP contribution in [0.25, 0.3) is 21.6 Å². The minimum absolute atomic E-state index is 0.626. The van der Waals surface area contributed by atoms with Gasteiger partial charge < -0.3 is 18.9 Å². The number of rotatable bonds is 8. The van der Waals surface area contributed by atoms with Gasteiger partial charge in [-0.1, -0.05) is 19.1 Å². The van der Waals surface area contributed by atoms with E-state index < -0.39 is 0 Å². The molecule has 142 valence electrons. The van der Waals surface area contributed by atoms with Crippen LogP contribution in [0.5, 0.6) is 23.0 Å². The first-order chi connectivity index (χ1) is 13.2. The molecule has 0 bridgehead atoms. The Labute approximate surface area is 163 Å². The van der Waals surface area contributed by atoms with E-state index in [0.29, 0.717) is 23.9 Å². The van der Waals surface area contributed by atoms with E-state index in [1.165, 1.54) is 11.5 Å². The van der Waals surface area contributed by atoms with E-state index in [1.807, 2.05) is 42.6 Å². The van der Waals surface area contributed by atoms with Crippen LogP contribution in [0, 0.1) is 0 Å². The summed E-state index contributed by atoms with van der Waals surface area (Å²) in [5, 5.41) is 0. The zero-order valence-corrected chi connectivity index (χ0v) is 16.8. The average molecular weight is 385 g/mol. The summed E-state index contributed by atoms with van der Waals surface area (Å²) in [7, 11) is 4.87. The van der Waals surface area contributed by atoms with Crippen LogP contribution in [0.15, 0.2) is 42.6 Å². The van der Waals surface area contributed by atoms with Gasteiger partial charge in [0.2, 0.25) is 0 Å². The molecule has 0 spiro atoms. The van der Waals surface area contributed by atoms with Crippen molar-refractivity contribution in [1.29, 1.82) is 0 Å². The monoisotopic (exact) mass is 385 g/mol. The van der Waals surface area contributed by atoms with Crippen molar-refractivity contribution in [2.75, 3.05) is 27.9 Å². The van der Waals surface area contributed by atoms with Crippen LogP contribution >= 0.6 is 11.5 Å². The number of aromatic nitrogens is 1. The lowest BCUT2D eigenvalue weighted by Gasteiger charge is -2.14. The van der Waals surface area contributed by atoms with Gasteiger partial charge in [-0.05, 0) is 41.7 Å². The molecule has 0 amide bonds. The normalized spacial score (nSPS) is 10.5. The van der Waals surface area contributed by atoms with E-state index >= 15 is 0 Å². The van der Waals surface area contributed by atoms with Crippen LogP contribution in [0.3, 0.4) is 0 Å². The second-order valence-corrected chi connectivity index (χ2v) is 6.65. The molecule has 0 aliphatic carbocycles. The van der Waals surface area contributed by atoms with Gasteiger partial charge in [0, 0.05) is 23.4 Å². The maximum atomic E-state index is 5.67. The molecule has 1 heterocycles.